The fourth-order valence-electron chi connectivity index (χ4n) is 4.68. The molecule has 0 saturated heterocycles. The second-order valence-corrected chi connectivity index (χ2v) is 8.74. The van der Waals surface area contributed by atoms with Crippen molar-refractivity contribution in [2.75, 3.05) is 25.5 Å². The fraction of sp³-hybridized carbons (Fsp3) is 0.400. The third-order valence-corrected chi connectivity index (χ3v) is 6.47. The minimum atomic E-state index is -0.326. The van der Waals surface area contributed by atoms with Gasteiger partial charge >= 0.3 is 6.03 Å². The Hall–Kier alpha value is -3.95. The summed E-state index contributed by atoms with van der Waals surface area (Å²) >= 11 is 0. The Kier molecular flexibility index (Phi) is 6.35. The summed E-state index contributed by atoms with van der Waals surface area (Å²) in [5.41, 5.74) is 3.08. The predicted octanol–water partition coefficient (Wildman–Crippen LogP) is 3.02. The predicted molar refractivity (Wildman–Crippen MR) is 130 cm³/mol. The molecule has 1 aromatic carbocycles. The van der Waals surface area contributed by atoms with Gasteiger partial charge in [-0.05, 0) is 61.6 Å². The molecule has 0 radical (unpaired) electrons. The van der Waals surface area contributed by atoms with Crippen LogP contribution < -0.4 is 15.4 Å². The van der Waals surface area contributed by atoms with Crippen LogP contribution in [0.3, 0.4) is 0 Å². The summed E-state index contributed by atoms with van der Waals surface area (Å²) < 4.78 is 7.63. The molecule has 4 heterocycles. The Morgan fingerprint density at radius 2 is 1.97 bits per heavy atom. The smallest absolute Gasteiger partial charge is 0.317 e. The summed E-state index contributed by atoms with van der Waals surface area (Å²) in [7, 11) is 1.55. The lowest BCUT2D eigenvalue weighted by atomic mass is 9.96. The molecule has 35 heavy (non-hydrogen) atoms. The lowest BCUT2D eigenvalue weighted by molar-refractivity contribution is 0.102. The van der Waals surface area contributed by atoms with Crippen molar-refractivity contribution < 1.29 is 14.3 Å². The van der Waals surface area contributed by atoms with Crippen LogP contribution in [0.5, 0.6) is 5.75 Å². The minimum absolute atomic E-state index is 0.100. The standard InChI is InChI=1S/C25H29N7O3/c1-3-26-25(34)31-12-10-16-14-20(35-2)18(13-17(16)15-31)24(33)28-21-8-6-7-19(27-21)23-30-29-22-9-4-5-11-32(22)23/h6-8,13-14H,3-5,9-12,15H2,1-2H3,(H,26,34)(H,27,28,33). The number of nitrogens with one attached hydrogen (secondary N) is 2. The van der Waals surface area contributed by atoms with Crippen LogP contribution in [-0.2, 0) is 25.9 Å². The van der Waals surface area contributed by atoms with Crippen LogP contribution in [0.15, 0.2) is 30.3 Å². The van der Waals surface area contributed by atoms with Crippen molar-refractivity contribution in [1.82, 2.24) is 30.0 Å². The van der Waals surface area contributed by atoms with Gasteiger partial charge in [0, 0.05) is 32.6 Å². The van der Waals surface area contributed by atoms with Crippen molar-refractivity contribution in [2.45, 2.75) is 45.7 Å². The van der Waals surface area contributed by atoms with Crippen LogP contribution in [0, 0.1) is 0 Å². The number of pyridine rings is 1. The van der Waals surface area contributed by atoms with E-state index in [-0.39, 0.29) is 11.9 Å². The molecule has 2 aliphatic heterocycles. The topological polar surface area (TPSA) is 114 Å². The summed E-state index contributed by atoms with van der Waals surface area (Å²) in [6, 6.07) is 9.07. The Morgan fingerprint density at radius 3 is 2.80 bits per heavy atom. The molecule has 10 heteroatoms. The van der Waals surface area contributed by atoms with Gasteiger partial charge in [0.1, 0.15) is 23.1 Å². The second kappa shape index (κ2) is 9.73. The van der Waals surface area contributed by atoms with Crippen molar-refractivity contribution in [3.63, 3.8) is 0 Å². The van der Waals surface area contributed by atoms with E-state index in [9.17, 15) is 9.59 Å². The molecule has 0 unspecified atom stereocenters. The number of carbonyl (C=O) groups is 2. The number of benzene rings is 1. The molecular formula is C25H29N7O3. The van der Waals surface area contributed by atoms with Crippen molar-refractivity contribution in [2.24, 2.45) is 0 Å². The molecule has 3 amide bonds. The summed E-state index contributed by atoms with van der Waals surface area (Å²) in [5.74, 6) is 2.28. The Morgan fingerprint density at radius 1 is 1.09 bits per heavy atom. The fourth-order valence-corrected chi connectivity index (χ4v) is 4.68. The van der Waals surface area contributed by atoms with Crippen LogP contribution >= 0.6 is 0 Å². The zero-order chi connectivity index (χ0) is 24.4. The van der Waals surface area contributed by atoms with E-state index in [2.05, 4.69) is 30.4 Å². The van der Waals surface area contributed by atoms with Crippen LogP contribution in [0.1, 0.15) is 47.1 Å². The normalized spacial score (nSPS) is 14.6. The molecule has 0 fully saturated rings. The highest BCUT2D eigenvalue weighted by Gasteiger charge is 2.24. The van der Waals surface area contributed by atoms with Gasteiger partial charge in [-0.2, -0.15) is 0 Å². The third kappa shape index (κ3) is 4.55. The van der Waals surface area contributed by atoms with Crippen molar-refractivity contribution in [3.05, 3.63) is 52.8 Å². The summed E-state index contributed by atoms with van der Waals surface area (Å²) in [5, 5.41) is 14.4. The first-order valence-electron chi connectivity index (χ1n) is 12.0. The first-order chi connectivity index (χ1) is 17.1. The summed E-state index contributed by atoms with van der Waals surface area (Å²) in [6.07, 6.45) is 3.82. The van der Waals surface area contributed by atoms with E-state index >= 15 is 0 Å². The van der Waals surface area contributed by atoms with Crippen LogP contribution in [0.2, 0.25) is 0 Å². The van der Waals surface area contributed by atoms with E-state index in [0.29, 0.717) is 54.7 Å². The van der Waals surface area contributed by atoms with Gasteiger partial charge in [0.15, 0.2) is 5.82 Å². The number of amides is 3. The number of nitrogens with zero attached hydrogens (tertiary/aromatic N) is 5. The lowest BCUT2D eigenvalue weighted by Crippen LogP contribution is -2.42. The molecule has 182 valence electrons. The Balaban J connectivity index is 1.38. The van der Waals surface area contributed by atoms with E-state index in [0.717, 1.165) is 42.8 Å². The quantitative estimate of drug-likeness (QED) is 0.586. The molecule has 0 spiro atoms. The van der Waals surface area contributed by atoms with E-state index in [4.69, 9.17) is 4.74 Å². The molecule has 0 saturated carbocycles. The number of ether oxygens (including phenoxy) is 1. The van der Waals surface area contributed by atoms with Crippen LogP contribution in [0.4, 0.5) is 10.6 Å². The number of aryl methyl sites for hydroxylation is 1. The monoisotopic (exact) mass is 475 g/mol. The molecule has 0 bridgehead atoms. The van der Waals surface area contributed by atoms with Gasteiger partial charge in [-0.3, -0.25) is 4.79 Å². The van der Waals surface area contributed by atoms with E-state index in [1.54, 1.807) is 18.1 Å². The van der Waals surface area contributed by atoms with E-state index < -0.39 is 0 Å². The number of fused-ring (bicyclic) bond motifs is 2. The number of rotatable bonds is 5. The molecule has 5 rings (SSSR count). The summed E-state index contributed by atoms with van der Waals surface area (Å²) in [6.45, 7) is 4.40. The average Bonchev–Trinajstić information content (AvgIpc) is 3.32. The maximum atomic E-state index is 13.3. The highest BCUT2D eigenvalue weighted by molar-refractivity contribution is 6.06. The van der Waals surface area contributed by atoms with E-state index in [1.807, 2.05) is 31.2 Å². The number of carbonyl (C=O) groups excluding carboxylic acids is 2. The number of urea groups is 1. The van der Waals surface area contributed by atoms with Gasteiger partial charge in [0.25, 0.3) is 5.91 Å². The Labute approximate surface area is 203 Å². The van der Waals surface area contributed by atoms with Gasteiger partial charge in [0.05, 0.1) is 12.7 Å². The zero-order valence-corrected chi connectivity index (χ0v) is 20.0. The molecule has 3 aromatic rings. The number of anilines is 1. The highest BCUT2D eigenvalue weighted by atomic mass is 16.5. The largest absolute Gasteiger partial charge is 0.496 e. The summed E-state index contributed by atoms with van der Waals surface area (Å²) in [4.78, 5) is 32.0. The maximum absolute atomic E-state index is 13.3. The SMILES string of the molecule is CCNC(=O)N1CCc2cc(OC)c(C(=O)Nc3cccc(-c4nnc5n4CCCC5)n3)cc2C1. The maximum Gasteiger partial charge on any atom is 0.317 e. The lowest BCUT2D eigenvalue weighted by Gasteiger charge is -2.29. The molecular weight excluding hydrogens is 446 g/mol. The minimum Gasteiger partial charge on any atom is -0.496 e. The molecule has 2 aromatic heterocycles. The van der Waals surface area contributed by atoms with Gasteiger partial charge in [0.2, 0.25) is 0 Å². The van der Waals surface area contributed by atoms with E-state index in [1.165, 1.54) is 0 Å². The Bertz CT molecular complexity index is 1270. The highest BCUT2D eigenvalue weighted by Crippen LogP contribution is 2.29. The van der Waals surface area contributed by atoms with Gasteiger partial charge in [-0.25, -0.2) is 9.78 Å². The van der Waals surface area contributed by atoms with Crippen molar-refractivity contribution in [1.29, 1.82) is 0 Å². The second-order valence-electron chi connectivity index (χ2n) is 8.74. The zero-order valence-electron chi connectivity index (χ0n) is 20.0. The van der Waals surface area contributed by atoms with Gasteiger partial charge in [-0.1, -0.05) is 6.07 Å². The van der Waals surface area contributed by atoms with Crippen molar-refractivity contribution >= 4 is 17.8 Å². The van der Waals surface area contributed by atoms with Gasteiger partial charge < -0.3 is 24.8 Å². The number of hydrogen-bond donors (Lipinski definition) is 2. The first-order valence-corrected chi connectivity index (χ1v) is 12.0. The third-order valence-electron chi connectivity index (χ3n) is 6.47. The number of methoxy groups -OCH3 is 1. The van der Waals surface area contributed by atoms with Crippen LogP contribution in [0.25, 0.3) is 11.5 Å². The molecule has 0 aliphatic carbocycles. The molecule has 0 atom stereocenters. The van der Waals surface area contributed by atoms with Crippen molar-refractivity contribution in [3.8, 4) is 17.3 Å². The number of hydrogen-bond acceptors (Lipinski definition) is 6. The molecule has 10 nitrogen and oxygen atoms in total. The van der Waals surface area contributed by atoms with Gasteiger partial charge in [-0.15, -0.1) is 10.2 Å². The molecule has 2 aliphatic rings. The van der Waals surface area contributed by atoms with Crippen LogP contribution in [-0.4, -0.2) is 56.8 Å². The molecule has 2 N–H and O–H groups in total. The number of aromatic nitrogens is 4. The average molecular weight is 476 g/mol. The first kappa shape index (κ1) is 22.8.